The second-order valence-corrected chi connectivity index (χ2v) is 5.31. The standard InChI is InChI=1S/C18H20N2O3/c19-15(11-13-7-3-1-4-8-13)17(21)20-16(18(22)23)12-14-9-5-2-6-10-14/h1-10,15-16H,11-12,19H2,(H,20,21)(H,22,23)/p-1. The molecule has 0 bridgehead atoms. The fourth-order valence-electron chi connectivity index (χ4n) is 2.23. The molecule has 2 aromatic rings. The second kappa shape index (κ2) is 8.10. The summed E-state index contributed by atoms with van der Waals surface area (Å²) in [6.45, 7) is 0. The molecule has 0 radical (unpaired) electrons. The molecule has 2 aromatic carbocycles. The third-order valence-corrected chi connectivity index (χ3v) is 3.46. The molecule has 0 aliphatic heterocycles. The smallest absolute Gasteiger partial charge is 0.328 e. The number of hydrogen-bond donors (Lipinski definition) is 2. The molecule has 5 nitrogen and oxygen atoms in total. The largest absolute Gasteiger partial charge is 0.861 e. The molecule has 0 saturated carbocycles. The highest BCUT2D eigenvalue weighted by atomic mass is 16.4. The van der Waals surface area contributed by atoms with E-state index in [0.29, 0.717) is 6.42 Å². The van der Waals surface area contributed by atoms with Crippen molar-refractivity contribution in [3.8, 4) is 0 Å². The van der Waals surface area contributed by atoms with Crippen LogP contribution in [-0.4, -0.2) is 29.1 Å². The van der Waals surface area contributed by atoms with E-state index >= 15 is 0 Å². The van der Waals surface area contributed by atoms with Crippen LogP contribution in [0.3, 0.4) is 0 Å². The monoisotopic (exact) mass is 311 g/mol. The summed E-state index contributed by atoms with van der Waals surface area (Å²) in [7, 11) is 0. The van der Waals surface area contributed by atoms with Gasteiger partial charge in [0.2, 0.25) is 0 Å². The first kappa shape index (κ1) is 16.7. The molecule has 0 aromatic heterocycles. The summed E-state index contributed by atoms with van der Waals surface area (Å²) in [5, 5.41) is 21.4. The molecule has 5 heteroatoms. The fourth-order valence-corrected chi connectivity index (χ4v) is 2.23. The van der Waals surface area contributed by atoms with Gasteiger partial charge in [0.05, 0.1) is 0 Å². The average molecular weight is 311 g/mol. The first-order chi connectivity index (χ1) is 11.1. The van der Waals surface area contributed by atoms with Crippen molar-refractivity contribution in [3.63, 3.8) is 0 Å². The Balaban J connectivity index is 2.07. The summed E-state index contributed by atoms with van der Waals surface area (Å²) in [4.78, 5) is 15.1. The van der Waals surface area contributed by atoms with E-state index < -0.39 is 24.0 Å². The van der Waals surface area contributed by atoms with Crippen LogP contribution >= 0.6 is 0 Å². The van der Waals surface area contributed by atoms with Gasteiger partial charge in [0.25, 0.3) is 0 Å². The lowest BCUT2D eigenvalue weighted by Gasteiger charge is -2.21. The van der Waals surface area contributed by atoms with Gasteiger partial charge in [0, 0.05) is 12.5 Å². The van der Waals surface area contributed by atoms with E-state index in [1.54, 1.807) is 12.1 Å². The third-order valence-electron chi connectivity index (χ3n) is 3.46. The SMILES string of the molecule is NC(Cc1ccccc1)C([O-])=NC(Cc1ccccc1)C(=O)O. The molecule has 0 spiro atoms. The van der Waals surface area contributed by atoms with Crippen molar-refractivity contribution in [2.24, 2.45) is 10.7 Å². The fraction of sp³-hybridized carbons (Fsp3) is 0.222. The van der Waals surface area contributed by atoms with Gasteiger partial charge in [-0.15, -0.1) is 0 Å². The Morgan fingerprint density at radius 1 is 1.00 bits per heavy atom. The van der Waals surface area contributed by atoms with Crippen molar-refractivity contribution in [1.29, 1.82) is 0 Å². The predicted molar refractivity (Wildman–Crippen MR) is 87.1 cm³/mol. The van der Waals surface area contributed by atoms with E-state index in [1.807, 2.05) is 48.5 Å². The number of aliphatic imine (C=N–C) groups is 1. The van der Waals surface area contributed by atoms with Crippen LogP contribution in [0.1, 0.15) is 11.1 Å². The molecular formula is C18H19N2O3-. The maximum Gasteiger partial charge on any atom is 0.328 e. The molecule has 0 fully saturated rings. The highest BCUT2D eigenvalue weighted by molar-refractivity contribution is 5.82. The van der Waals surface area contributed by atoms with E-state index in [1.165, 1.54) is 0 Å². The Labute approximate surface area is 135 Å². The number of hydrogen-bond acceptors (Lipinski definition) is 4. The van der Waals surface area contributed by atoms with Gasteiger partial charge in [0.1, 0.15) is 6.04 Å². The first-order valence-corrected chi connectivity index (χ1v) is 7.37. The van der Waals surface area contributed by atoms with E-state index in [-0.39, 0.29) is 6.42 Å². The van der Waals surface area contributed by atoms with E-state index in [4.69, 9.17) is 5.73 Å². The number of carboxylic acid groups (broad SMARTS) is 1. The molecule has 2 atom stereocenters. The van der Waals surface area contributed by atoms with Crippen molar-refractivity contribution in [3.05, 3.63) is 71.8 Å². The van der Waals surface area contributed by atoms with Gasteiger partial charge < -0.3 is 15.9 Å². The Kier molecular flexibility index (Phi) is 5.88. The summed E-state index contributed by atoms with van der Waals surface area (Å²) >= 11 is 0. The number of aliphatic carboxylic acids is 1. The van der Waals surface area contributed by atoms with Gasteiger partial charge >= 0.3 is 5.97 Å². The summed E-state index contributed by atoms with van der Waals surface area (Å²) in [5.41, 5.74) is 7.58. The van der Waals surface area contributed by atoms with Crippen molar-refractivity contribution < 1.29 is 15.0 Å². The van der Waals surface area contributed by atoms with Crippen molar-refractivity contribution in [2.75, 3.05) is 0 Å². The minimum atomic E-state index is -1.13. The van der Waals surface area contributed by atoms with Crippen LogP contribution in [0, 0.1) is 0 Å². The van der Waals surface area contributed by atoms with Gasteiger partial charge in [-0.25, -0.2) is 4.79 Å². The topological polar surface area (TPSA) is 98.7 Å². The number of nitrogens with zero attached hydrogens (tertiary/aromatic N) is 1. The molecule has 0 saturated heterocycles. The van der Waals surface area contributed by atoms with E-state index in [0.717, 1.165) is 11.1 Å². The van der Waals surface area contributed by atoms with Crippen LogP contribution in [0.15, 0.2) is 65.7 Å². The zero-order chi connectivity index (χ0) is 16.7. The van der Waals surface area contributed by atoms with Crippen LogP contribution < -0.4 is 10.8 Å². The van der Waals surface area contributed by atoms with Crippen LogP contribution in [0.2, 0.25) is 0 Å². The molecule has 23 heavy (non-hydrogen) atoms. The zero-order valence-electron chi connectivity index (χ0n) is 12.6. The highest BCUT2D eigenvalue weighted by Crippen LogP contribution is 2.08. The molecule has 120 valence electrons. The Morgan fingerprint density at radius 3 is 1.96 bits per heavy atom. The molecule has 0 aliphatic rings. The van der Waals surface area contributed by atoms with Crippen molar-refractivity contribution in [1.82, 2.24) is 0 Å². The van der Waals surface area contributed by atoms with Gasteiger partial charge in [-0.3, -0.25) is 4.99 Å². The summed E-state index contributed by atoms with van der Waals surface area (Å²) in [5.74, 6) is -1.72. The average Bonchev–Trinajstić information content (AvgIpc) is 2.56. The maximum absolute atomic E-state index is 12.1. The van der Waals surface area contributed by atoms with E-state index in [2.05, 4.69) is 4.99 Å². The van der Waals surface area contributed by atoms with E-state index in [9.17, 15) is 15.0 Å². The van der Waals surface area contributed by atoms with Gasteiger partial charge in [0.15, 0.2) is 0 Å². The summed E-state index contributed by atoms with van der Waals surface area (Å²) in [6, 6.07) is 16.5. The second-order valence-electron chi connectivity index (χ2n) is 5.31. The maximum atomic E-state index is 12.1. The first-order valence-electron chi connectivity index (χ1n) is 7.37. The lowest BCUT2D eigenvalue weighted by Crippen LogP contribution is -2.42. The Bertz CT molecular complexity index is 656. The summed E-state index contributed by atoms with van der Waals surface area (Å²) in [6.07, 6.45) is 0.501. The number of carbonyl (C=O) groups is 1. The molecule has 3 N–H and O–H groups in total. The van der Waals surface area contributed by atoms with Crippen LogP contribution in [0.4, 0.5) is 0 Å². The van der Waals surface area contributed by atoms with Crippen LogP contribution in [0.5, 0.6) is 0 Å². The molecule has 0 aliphatic carbocycles. The van der Waals surface area contributed by atoms with Gasteiger partial charge in [-0.2, -0.15) is 0 Å². The zero-order valence-corrected chi connectivity index (χ0v) is 12.6. The van der Waals surface area contributed by atoms with Crippen LogP contribution in [-0.2, 0) is 17.6 Å². The number of nitrogens with two attached hydrogens (primary N) is 1. The van der Waals surface area contributed by atoms with Crippen LogP contribution in [0.25, 0.3) is 0 Å². The number of benzene rings is 2. The number of carboxylic acids is 1. The minimum absolute atomic E-state index is 0.167. The molecule has 2 unspecified atom stereocenters. The Morgan fingerprint density at radius 2 is 1.48 bits per heavy atom. The highest BCUT2D eigenvalue weighted by Gasteiger charge is 2.17. The lowest BCUT2D eigenvalue weighted by molar-refractivity contribution is -0.221. The molecular weight excluding hydrogens is 292 g/mol. The van der Waals surface area contributed by atoms with Gasteiger partial charge in [-0.1, -0.05) is 60.7 Å². The number of rotatable bonds is 7. The molecule has 0 heterocycles. The summed E-state index contributed by atoms with van der Waals surface area (Å²) < 4.78 is 0. The third kappa shape index (κ3) is 5.23. The quantitative estimate of drug-likeness (QED) is 0.589. The lowest BCUT2D eigenvalue weighted by atomic mass is 10.0. The van der Waals surface area contributed by atoms with Crippen molar-refractivity contribution >= 4 is 11.9 Å². The predicted octanol–water partition coefficient (Wildman–Crippen LogP) is 1.01. The minimum Gasteiger partial charge on any atom is -0.861 e. The van der Waals surface area contributed by atoms with Gasteiger partial charge in [-0.05, 0) is 23.4 Å². The molecule has 2 rings (SSSR count). The normalized spacial score (nSPS) is 14.2. The van der Waals surface area contributed by atoms with Crippen molar-refractivity contribution in [2.45, 2.75) is 24.9 Å². The Hall–Kier alpha value is -2.66. The molecule has 0 amide bonds.